The lowest BCUT2D eigenvalue weighted by Crippen LogP contribution is -2.32. The highest BCUT2D eigenvalue weighted by Gasteiger charge is 2.41. The lowest BCUT2D eigenvalue weighted by Gasteiger charge is -2.26. The number of ether oxygens (including phenoxy) is 1. The van der Waals surface area contributed by atoms with E-state index in [9.17, 15) is 14.7 Å². The molecular weight excluding hydrogens is 426 g/mol. The van der Waals surface area contributed by atoms with Crippen LogP contribution in [0.1, 0.15) is 115 Å². The van der Waals surface area contributed by atoms with E-state index in [0.29, 0.717) is 12.3 Å². The summed E-state index contributed by atoms with van der Waals surface area (Å²) in [6.45, 7) is 4.21. The molecule has 34 heavy (non-hydrogen) atoms. The molecule has 0 unspecified atom stereocenters. The summed E-state index contributed by atoms with van der Waals surface area (Å²) in [6.07, 6.45) is 17.9. The smallest absolute Gasteiger partial charge is 0.290 e. The molecule has 0 fully saturated rings. The zero-order valence-corrected chi connectivity index (χ0v) is 21.6. The third-order valence-electron chi connectivity index (χ3n) is 6.87. The molecule has 0 aliphatic carbocycles. The Labute approximate surface area is 206 Å². The van der Waals surface area contributed by atoms with Crippen LogP contribution in [0.15, 0.2) is 35.6 Å². The highest BCUT2D eigenvalue weighted by Crippen LogP contribution is 2.38. The number of aliphatic hydroxyl groups excluding tert-OH is 1. The largest absolute Gasteiger partial charge is 0.503 e. The average Bonchev–Trinajstić information content (AvgIpc) is 3.09. The fourth-order valence-corrected chi connectivity index (χ4v) is 4.85. The van der Waals surface area contributed by atoms with Gasteiger partial charge in [-0.3, -0.25) is 9.59 Å². The van der Waals surface area contributed by atoms with Crippen molar-refractivity contribution in [2.45, 2.75) is 110 Å². The fourth-order valence-electron chi connectivity index (χ4n) is 4.85. The highest BCUT2D eigenvalue weighted by molar-refractivity contribution is 6.08. The Hall–Kier alpha value is -2.30. The number of rotatable bonds is 18. The maximum absolute atomic E-state index is 12.7. The van der Waals surface area contributed by atoms with E-state index in [-0.39, 0.29) is 11.4 Å². The van der Waals surface area contributed by atoms with Crippen LogP contribution in [-0.2, 0) is 9.59 Å². The van der Waals surface area contributed by atoms with Crippen LogP contribution >= 0.6 is 0 Å². The molecule has 1 atom stereocenters. The number of amides is 1. The van der Waals surface area contributed by atoms with Gasteiger partial charge in [0.2, 0.25) is 0 Å². The van der Waals surface area contributed by atoms with Gasteiger partial charge in [0.1, 0.15) is 5.75 Å². The van der Waals surface area contributed by atoms with Gasteiger partial charge in [-0.05, 0) is 31.0 Å². The number of hydrogen-bond donors (Lipinski definition) is 1. The van der Waals surface area contributed by atoms with Crippen molar-refractivity contribution in [3.05, 3.63) is 41.2 Å². The van der Waals surface area contributed by atoms with E-state index in [1.165, 1.54) is 77.6 Å². The molecule has 5 heteroatoms. The molecule has 2 rings (SSSR count). The predicted octanol–water partition coefficient (Wildman–Crippen LogP) is 7.46. The molecule has 0 saturated heterocycles. The molecule has 0 saturated carbocycles. The van der Waals surface area contributed by atoms with Crippen LogP contribution in [0.25, 0.3) is 0 Å². The molecule has 1 aliphatic heterocycles. The van der Waals surface area contributed by atoms with Gasteiger partial charge in [-0.15, -0.1) is 0 Å². The van der Waals surface area contributed by atoms with Crippen LogP contribution in [-0.4, -0.2) is 35.4 Å². The third-order valence-corrected chi connectivity index (χ3v) is 6.87. The number of carbonyl (C=O) groups excluding carboxylic acids is 2. The van der Waals surface area contributed by atoms with Crippen LogP contribution < -0.4 is 4.74 Å². The summed E-state index contributed by atoms with van der Waals surface area (Å²) >= 11 is 0. The summed E-state index contributed by atoms with van der Waals surface area (Å²) in [5.74, 6) is -0.404. The first kappa shape index (κ1) is 27.9. The molecule has 1 heterocycles. The highest BCUT2D eigenvalue weighted by atomic mass is 16.5. The molecule has 1 aliphatic rings. The minimum atomic E-state index is -0.530. The molecular formula is C29H45NO4. The lowest BCUT2D eigenvalue weighted by atomic mass is 9.96. The Kier molecular flexibility index (Phi) is 12.8. The Balaban J connectivity index is 1.70. The van der Waals surface area contributed by atoms with Crippen molar-refractivity contribution in [1.29, 1.82) is 0 Å². The van der Waals surface area contributed by atoms with E-state index in [0.717, 1.165) is 24.8 Å². The van der Waals surface area contributed by atoms with E-state index in [1.54, 1.807) is 12.0 Å². The third kappa shape index (κ3) is 8.48. The number of Topliss-reactive ketones (excluding diaryl/α,β-unsaturated/α-hetero) is 1. The summed E-state index contributed by atoms with van der Waals surface area (Å²) in [7, 11) is 1.60. The van der Waals surface area contributed by atoms with Gasteiger partial charge in [0.25, 0.3) is 5.91 Å². The van der Waals surface area contributed by atoms with E-state index in [2.05, 4.69) is 6.92 Å². The van der Waals surface area contributed by atoms with Crippen molar-refractivity contribution >= 4 is 11.7 Å². The minimum Gasteiger partial charge on any atom is -0.503 e. The van der Waals surface area contributed by atoms with Crippen molar-refractivity contribution in [1.82, 2.24) is 4.90 Å². The van der Waals surface area contributed by atoms with Crippen molar-refractivity contribution in [2.24, 2.45) is 0 Å². The van der Waals surface area contributed by atoms with Crippen molar-refractivity contribution in [3.8, 4) is 5.75 Å². The monoisotopic (exact) mass is 471 g/mol. The number of ketones is 1. The van der Waals surface area contributed by atoms with Gasteiger partial charge >= 0.3 is 0 Å². The van der Waals surface area contributed by atoms with Gasteiger partial charge in [-0.2, -0.15) is 0 Å². The molecule has 1 N–H and O–H groups in total. The molecule has 1 amide bonds. The number of carbonyl (C=O) groups is 2. The predicted molar refractivity (Wildman–Crippen MR) is 138 cm³/mol. The lowest BCUT2D eigenvalue weighted by molar-refractivity contribution is -0.129. The zero-order chi connectivity index (χ0) is 24.8. The van der Waals surface area contributed by atoms with Gasteiger partial charge in [-0.25, -0.2) is 0 Å². The van der Waals surface area contributed by atoms with Gasteiger partial charge in [0.15, 0.2) is 11.5 Å². The summed E-state index contributed by atoms with van der Waals surface area (Å²) in [5.41, 5.74) is 1.01. The number of benzene rings is 1. The Morgan fingerprint density at radius 3 is 1.76 bits per heavy atom. The first-order chi connectivity index (χ1) is 16.5. The number of unbranched alkanes of at least 4 members (excludes halogenated alkanes) is 13. The van der Waals surface area contributed by atoms with Gasteiger partial charge in [0, 0.05) is 6.54 Å². The second-order valence-corrected chi connectivity index (χ2v) is 9.59. The van der Waals surface area contributed by atoms with Crippen LogP contribution in [0.5, 0.6) is 5.75 Å². The summed E-state index contributed by atoms with van der Waals surface area (Å²) in [4.78, 5) is 26.6. The zero-order valence-electron chi connectivity index (χ0n) is 21.6. The molecule has 0 aromatic heterocycles. The molecule has 0 bridgehead atoms. The van der Waals surface area contributed by atoms with Crippen LogP contribution in [0.3, 0.4) is 0 Å². The number of nitrogens with zero attached hydrogens (tertiary/aromatic N) is 1. The topological polar surface area (TPSA) is 66.8 Å². The van der Waals surface area contributed by atoms with E-state index in [4.69, 9.17) is 4.74 Å². The van der Waals surface area contributed by atoms with Crippen LogP contribution in [0.2, 0.25) is 0 Å². The first-order valence-corrected chi connectivity index (χ1v) is 13.4. The molecule has 1 aromatic rings. The van der Waals surface area contributed by atoms with Crippen molar-refractivity contribution in [3.63, 3.8) is 0 Å². The standard InChI is InChI=1S/C29H45NO4/c1-4-5-6-7-8-9-10-11-12-13-14-15-16-17-22-30-27(24-18-20-25(34-3)21-19-24)26(23(2)31)28(32)29(30)33/h18-21,27,32H,4-17,22H2,1-3H3/t27-/m0/s1. The van der Waals surface area contributed by atoms with Crippen molar-refractivity contribution in [2.75, 3.05) is 13.7 Å². The molecule has 1 aromatic carbocycles. The van der Waals surface area contributed by atoms with Gasteiger partial charge < -0.3 is 14.7 Å². The van der Waals surface area contributed by atoms with Gasteiger partial charge in [0.05, 0.1) is 18.7 Å². The van der Waals surface area contributed by atoms with E-state index < -0.39 is 17.7 Å². The SMILES string of the molecule is CCCCCCCCCCCCCCCCN1C(=O)C(O)=C(C(C)=O)[C@@H]1c1ccc(OC)cc1. The first-order valence-electron chi connectivity index (χ1n) is 13.4. The van der Waals surface area contributed by atoms with Crippen LogP contribution in [0.4, 0.5) is 0 Å². The second-order valence-electron chi connectivity index (χ2n) is 9.59. The maximum atomic E-state index is 12.7. The number of methoxy groups -OCH3 is 1. The second kappa shape index (κ2) is 15.6. The minimum absolute atomic E-state index is 0.195. The Morgan fingerprint density at radius 1 is 0.853 bits per heavy atom. The fraction of sp³-hybridized carbons (Fsp3) is 0.655. The molecule has 190 valence electrons. The normalized spacial score (nSPS) is 15.9. The quantitative estimate of drug-likeness (QED) is 0.226. The molecule has 0 spiro atoms. The van der Waals surface area contributed by atoms with Crippen molar-refractivity contribution < 1.29 is 19.4 Å². The molecule has 5 nitrogen and oxygen atoms in total. The van der Waals surface area contributed by atoms with Gasteiger partial charge in [-0.1, -0.05) is 103 Å². The Morgan fingerprint density at radius 2 is 1.32 bits per heavy atom. The summed E-state index contributed by atoms with van der Waals surface area (Å²) < 4.78 is 5.22. The summed E-state index contributed by atoms with van der Waals surface area (Å²) in [5, 5.41) is 10.4. The van der Waals surface area contributed by atoms with E-state index >= 15 is 0 Å². The average molecular weight is 472 g/mol. The number of aliphatic hydroxyl groups is 1. The maximum Gasteiger partial charge on any atom is 0.290 e. The Bertz CT molecular complexity index is 784. The molecule has 0 radical (unpaired) electrons. The summed E-state index contributed by atoms with van der Waals surface area (Å²) in [6, 6.07) is 6.82. The van der Waals surface area contributed by atoms with E-state index in [1.807, 2.05) is 24.3 Å². The number of hydrogen-bond acceptors (Lipinski definition) is 4. The van der Waals surface area contributed by atoms with Crippen LogP contribution in [0, 0.1) is 0 Å².